The Balaban J connectivity index is 0.00000242. The summed E-state index contributed by atoms with van der Waals surface area (Å²) in [6.45, 7) is -0.175. The molecule has 0 aromatic heterocycles. The highest BCUT2D eigenvalue weighted by molar-refractivity contribution is 7.89. The first-order valence-electron chi connectivity index (χ1n) is 6.61. The molecule has 126 valence electrons. The highest BCUT2D eigenvalue weighted by atomic mass is 35.5. The van der Waals surface area contributed by atoms with E-state index in [1.165, 1.54) is 6.07 Å². The molecule has 1 aromatic rings. The van der Waals surface area contributed by atoms with Crippen LogP contribution in [0.2, 0.25) is 0 Å². The Morgan fingerprint density at radius 1 is 1.18 bits per heavy atom. The predicted octanol–water partition coefficient (Wildman–Crippen LogP) is 2.53. The summed E-state index contributed by atoms with van der Waals surface area (Å²) in [5.74, 6) is -1.42. The molecule has 1 aliphatic rings. The number of nitrogens with zero attached hydrogens (tertiary/aromatic N) is 1. The number of halogens is 4. The number of hydrogen-bond acceptors (Lipinski definition) is 3. The minimum absolute atomic E-state index is 0. The van der Waals surface area contributed by atoms with Crippen LogP contribution >= 0.6 is 12.4 Å². The van der Waals surface area contributed by atoms with Crippen molar-refractivity contribution in [3.8, 4) is 0 Å². The number of alkyl halides is 3. The second kappa shape index (κ2) is 7.16. The molecule has 1 aliphatic heterocycles. The zero-order valence-corrected chi connectivity index (χ0v) is 13.3. The molecule has 1 heterocycles. The molecule has 0 aliphatic carbocycles. The minimum Gasteiger partial charge on any atom is -0.326 e. The molecule has 0 saturated carbocycles. The standard InChI is InChI=1S/C13H17F3N2O2S.ClH/c14-13(15,16)11-5-7-18(8-6-11)21(19,20)12-4-2-1-3-10(12)9-17;/h1-4,11H,5-9,17H2;1H. The maximum absolute atomic E-state index is 12.6. The summed E-state index contributed by atoms with van der Waals surface area (Å²) in [5, 5.41) is 0. The third-order valence-electron chi connectivity index (χ3n) is 3.73. The van der Waals surface area contributed by atoms with Crippen molar-refractivity contribution in [3.05, 3.63) is 29.8 Å². The van der Waals surface area contributed by atoms with Gasteiger partial charge in [-0.15, -0.1) is 12.4 Å². The molecular formula is C13H18ClF3N2O2S. The van der Waals surface area contributed by atoms with Crippen molar-refractivity contribution in [1.82, 2.24) is 4.31 Å². The molecule has 1 aromatic carbocycles. The van der Waals surface area contributed by atoms with Gasteiger partial charge < -0.3 is 5.73 Å². The average molecular weight is 359 g/mol. The minimum atomic E-state index is -4.26. The van der Waals surface area contributed by atoms with Crippen LogP contribution in [0.25, 0.3) is 0 Å². The molecule has 0 atom stereocenters. The number of nitrogens with two attached hydrogens (primary N) is 1. The summed E-state index contributed by atoms with van der Waals surface area (Å²) in [5.41, 5.74) is 5.99. The molecule has 9 heteroatoms. The second-order valence-corrected chi connectivity index (χ2v) is 6.94. The number of rotatable bonds is 3. The summed E-state index contributed by atoms with van der Waals surface area (Å²) >= 11 is 0. The molecule has 0 bridgehead atoms. The predicted molar refractivity (Wildman–Crippen MR) is 79.1 cm³/mol. The van der Waals surface area contributed by atoms with E-state index in [9.17, 15) is 21.6 Å². The van der Waals surface area contributed by atoms with Crippen LogP contribution in [0.15, 0.2) is 29.2 Å². The first-order chi connectivity index (χ1) is 9.76. The normalized spacial score (nSPS) is 18.0. The van der Waals surface area contributed by atoms with Gasteiger partial charge in [0.15, 0.2) is 0 Å². The quantitative estimate of drug-likeness (QED) is 0.903. The van der Waals surface area contributed by atoms with Crippen molar-refractivity contribution in [2.24, 2.45) is 11.7 Å². The van der Waals surface area contributed by atoms with Gasteiger partial charge in [-0.1, -0.05) is 18.2 Å². The molecule has 0 spiro atoms. The highest BCUT2D eigenvalue weighted by Crippen LogP contribution is 2.35. The van der Waals surface area contributed by atoms with E-state index < -0.39 is 22.1 Å². The van der Waals surface area contributed by atoms with Gasteiger partial charge in [-0.2, -0.15) is 17.5 Å². The maximum atomic E-state index is 12.6. The molecule has 1 fully saturated rings. The lowest BCUT2D eigenvalue weighted by molar-refractivity contribution is -0.182. The van der Waals surface area contributed by atoms with Gasteiger partial charge in [0.2, 0.25) is 10.0 Å². The number of sulfonamides is 1. The Kier molecular flexibility index (Phi) is 6.26. The monoisotopic (exact) mass is 358 g/mol. The fourth-order valence-corrected chi connectivity index (χ4v) is 4.19. The fourth-order valence-electron chi connectivity index (χ4n) is 2.49. The van der Waals surface area contributed by atoms with E-state index in [-0.39, 0.29) is 49.8 Å². The van der Waals surface area contributed by atoms with E-state index >= 15 is 0 Å². The van der Waals surface area contributed by atoms with Crippen LogP contribution in [-0.2, 0) is 16.6 Å². The molecule has 1 saturated heterocycles. The highest BCUT2D eigenvalue weighted by Gasteiger charge is 2.43. The Labute approximate surface area is 133 Å². The summed E-state index contributed by atoms with van der Waals surface area (Å²) < 4.78 is 64.0. The van der Waals surface area contributed by atoms with Crippen LogP contribution in [0, 0.1) is 5.92 Å². The molecule has 4 nitrogen and oxygen atoms in total. The average Bonchev–Trinajstić information content (AvgIpc) is 2.46. The number of benzene rings is 1. The van der Waals surface area contributed by atoms with Crippen molar-refractivity contribution >= 4 is 22.4 Å². The summed E-state index contributed by atoms with van der Waals surface area (Å²) in [6, 6.07) is 6.30. The van der Waals surface area contributed by atoms with E-state index in [0.717, 1.165) is 4.31 Å². The molecule has 2 N–H and O–H groups in total. The molecular weight excluding hydrogens is 341 g/mol. The zero-order valence-electron chi connectivity index (χ0n) is 11.7. The van der Waals surface area contributed by atoms with Gasteiger partial charge in [-0.25, -0.2) is 8.42 Å². The van der Waals surface area contributed by atoms with E-state index in [1.54, 1.807) is 18.2 Å². The molecule has 0 amide bonds. The van der Waals surface area contributed by atoms with E-state index in [2.05, 4.69) is 0 Å². The lowest BCUT2D eigenvalue weighted by atomic mass is 9.98. The SMILES string of the molecule is Cl.NCc1ccccc1S(=O)(=O)N1CCC(C(F)(F)F)CC1. The first-order valence-corrected chi connectivity index (χ1v) is 8.05. The van der Waals surface area contributed by atoms with Gasteiger partial charge in [0.1, 0.15) is 0 Å². The summed E-state index contributed by atoms with van der Waals surface area (Å²) in [4.78, 5) is 0.0814. The van der Waals surface area contributed by atoms with Gasteiger partial charge in [0.05, 0.1) is 10.8 Å². The second-order valence-electron chi connectivity index (χ2n) is 5.03. The van der Waals surface area contributed by atoms with Crippen LogP contribution in [0.5, 0.6) is 0 Å². The van der Waals surface area contributed by atoms with E-state index in [0.29, 0.717) is 5.56 Å². The molecule has 22 heavy (non-hydrogen) atoms. The number of hydrogen-bond donors (Lipinski definition) is 1. The summed E-state index contributed by atoms with van der Waals surface area (Å²) in [6.07, 6.45) is -4.66. The van der Waals surface area contributed by atoms with E-state index in [1.807, 2.05) is 0 Å². The van der Waals surface area contributed by atoms with Crippen LogP contribution in [0.4, 0.5) is 13.2 Å². The van der Waals surface area contributed by atoms with Crippen molar-refractivity contribution in [3.63, 3.8) is 0 Å². The summed E-state index contributed by atoms with van der Waals surface area (Å²) in [7, 11) is -3.79. The lowest BCUT2D eigenvalue weighted by Crippen LogP contribution is -2.42. The van der Waals surface area contributed by atoms with Crippen molar-refractivity contribution in [2.75, 3.05) is 13.1 Å². The van der Waals surface area contributed by atoms with Crippen LogP contribution in [0.1, 0.15) is 18.4 Å². The Hall–Kier alpha value is -0.830. The molecule has 0 unspecified atom stereocenters. The Morgan fingerprint density at radius 2 is 1.73 bits per heavy atom. The topological polar surface area (TPSA) is 63.4 Å². The maximum Gasteiger partial charge on any atom is 0.391 e. The number of piperidine rings is 1. The Bertz CT molecular complexity index is 600. The van der Waals surface area contributed by atoms with Gasteiger partial charge in [0, 0.05) is 19.6 Å². The van der Waals surface area contributed by atoms with Gasteiger partial charge >= 0.3 is 6.18 Å². The van der Waals surface area contributed by atoms with Gasteiger partial charge in [-0.3, -0.25) is 0 Å². The van der Waals surface area contributed by atoms with Gasteiger partial charge in [0.25, 0.3) is 0 Å². The van der Waals surface area contributed by atoms with Crippen molar-refractivity contribution in [1.29, 1.82) is 0 Å². The molecule has 2 rings (SSSR count). The van der Waals surface area contributed by atoms with Crippen LogP contribution in [-0.4, -0.2) is 32.0 Å². The smallest absolute Gasteiger partial charge is 0.326 e. The molecule has 0 radical (unpaired) electrons. The largest absolute Gasteiger partial charge is 0.391 e. The Morgan fingerprint density at radius 3 is 2.23 bits per heavy atom. The van der Waals surface area contributed by atoms with Crippen molar-refractivity contribution in [2.45, 2.75) is 30.5 Å². The fraction of sp³-hybridized carbons (Fsp3) is 0.538. The third kappa shape index (κ3) is 3.92. The lowest BCUT2D eigenvalue weighted by Gasteiger charge is -2.32. The van der Waals surface area contributed by atoms with E-state index in [4.69, 9.17) is 5.73 Å². The van der Waals surface area contributed by atoms with Crippen molar-refractivity contribution < 1.29 is 21.6 Å². The third-order valence-corrected chi connectivity index (χ3v) is 5.73. The van der Waals surface area contributed by atoms with Crippen LogP contribution < -0.4 is 5.73 Å². The van der Waals surface area contributed by atoms with Crippen LogP contribution in [0.3, 0.4) is 0 Å². The first kappa shape index (κ1) is 19.2. The van der Waals surface area contributed by atoms with Gasteiger partial charge in [-0.05, 0) is 24.5 Å². The zero-order chi connectivity index (χ0) is 15.7.